The zero-order chi connectivity index (χ0) is 20.8. The SMILES string of the molecule is Cc1c(C(=O)N2CCC(CC(F)(F)F)CC2)cnn1-c1nc2sccc2c(=O)[nH]1. The highest BCUT2D eigenvalue weighted by Crippen LogP contribution is 2.31. The smallest absolute Gasteiger partial charge is 0.339 e. The Morgan fingerprint density at radius 3 is 2.76 bits per heavy atom. The summed E-state index contributed by atoms with van der Waals surface area (Å²) < 4.78 is 39.1. The molecule has 7 nitrogen and oxygen atoms in total. The first-order valence-electron chi connectivity index (χ1n) is 9.11. The second-order valence-electron chi connectivity index (χ2n) is 7.14. The normalized spacial score (nSPS) is 15.9. The monoisotopic (exact) mass is 425 g/mol. The van der Waals surface area contributed by atoms with Crippen LogP contribution in [0.15, 0.2) is 22.4 Å². The molecule has 0 aliphatic carbocycles. The Hall–Kier alpha value is -2.69. The Bertz CT molecular complexity index is 1110. The summed E-state index contributed by atoms with van der Waals surface area (Å²) in [5, 5.41) is 6.45. The number of hydrogen-bond acceptors (Lipinski definition) is 5. The highest BCUT2D eigenvalue weighted by atomic mass is 32.1. The molecule has 154 valence electrons. The van der Waals surface area contributed by atoms with Crippen LogP contribution in [-0.4, -0.2) is 49.8 Å². The molecule has 0 radical (unpaired) electrons. The maximum atomic E-state index is 12.9. The summed E-state index contributed by atoms with van der Waals surface area (Å²) in [5.74, 6) is -0.515. The Morgan fingerprint density at radius 1 is 1.34 bits per heavy atom. The number of carbonyl (C=O) groups excluding carboxylic acids is 1. The van der Waals surface area contributed by atoms with Gasteiger partial charge in [0.15, 0.2) is 0 Å². The summed E-state index contributed by atoms with van der Waals surface area (Å²) in [6.45, 7) is 2.25. The highest BCUT2D eigenvalue weighted by Gasteiger charge is 2.34. The number of thiophene rings is 1. The molecule has 29 heavy (non-hydrogen) atoms. The van der Waals surface area contributed by atoms with Gasteiger partial charge in [-0.1, -0.05) is 0 Å². The lowest BCUT2D eigenvalue weighted by Crippen LogP contribution is -2.39. The van der Waals surface area contributed by atoms with E-state index in [2.05, 4.69) is 15.1 Å². The van der Waals surface area contributed by atoms with Crippen molar-refractivity contribution in [3.63, 3.8) is 0 Å². The Morgan fingerprint density at radius 2 is 2.07 bits per heavy atom. The van der Waals surface area contributed by atoms with Crippen LogP contribution in [-0.2, 0) is 0 Å². The van der Waals surface area contributed by atoms with Crippen molar-refractivity contribution in [3.8, 4) is 5.95 Å². The molecule has 11 heteroatoms. The van der Waals surface area contributed by atoms with E-state index < -0.39 is 18.5 Å². The molecule has 4 rings (SSSR count). The summed E-state index contributed by atoms with van der Waals surface area (Å²) in [7, 11) is 0. The molecule has 3 aromatic heterocycles. The number of aromatic nitrogens is 4. The molecule has 3 aromatic rings. The predicted octanol–water partition coefficient (Wildman–Crippen LogP) is 3.28. The average molecular weight is 425 g/mol. The van der Waals surface area contributed by atoms with E-state index in [1.54, 1.807) is 23.3 Å². The van der Waals surface area contributed by atoms with Crippen LogP contribution in [0.2, 0.25) is 0 Å². The number of likely N-dealkylation sites (tertiary alicyclic amines) is 1. The Balaban J connectivity index is 1.52. The first-order chi connectivity index (χ1) is 13.7. The Kier molecular flexibility index (Phi) is 4.93. The maximum absolute atomic E-state index is 12.9. The zero-order valence-corrected chi connectivity index (χ0v) is 16.3. The minimum absolute atomic E-state index is 0.213. The minimum atomic E-state index is -4.18. The average Bonchev–Trinajstić information content (AvgIpc) is 3.27. The van der Waals surface area contributed by atoms with Crippen LogP contribution in [0.1, 0.15) is 35.3 Å². The second kappa shape index (κ2) is 7.29. The number of hydrogen-bond donors (Lipinski definition) is 1. The minimum Gasteiger partial charge on any atom is -0.339 e. The maximum Gasteiger partial charge on any atom is 0.389 e. The van der Waals surface area contributed by atoms with E-state index in [0.717, 1.165) is 0 Å². The number of nitrogens with one attached hydrogen (secondary N) is 1. The fourth-order valence-electron chi connectivity index (χ4n) is 3.62. The van der Waals surface area contributed by atoms with E-state index in [1.807, 2.05) is 0 Å². The fraction of sp³-hybridized carbons (Fsp3) is 0.444. The quantitative estimate of drug-likeness (QED) is 0.698. The molecule has 0 unspecified atom stereocenters. The number of carbonyl (C=O) groups is 1. The number of fused-ring (bicyclic) bond motifs is 1. The molecular formula is C18H18F3N5O2S. The highest BCUT2D eigenvalue weighted by molar-refractivity contribution is 7.16. The van der Waals surface area contributed by atoms with Crippen molar-refractivity contribution < 1.29 is 18.0 Å². The first kappa shape index (κ1) is 19.6. The van der Waals surface area contributed by atoms with E-state index in [9.17, 15) is 22.8 Å². The third kappa shape index (κ3) is 3.91. The van der Waals surface area contributed by atoms with Gasteiger partial charge < -0.3 is 4.90 Å². The number of piperidine rings is 1. The molecule has 0 spiro atoms. The van der Waals surface area contributed by atoms with Gasteiger partial charge >= 0.3 is 6.18 Å². The van der Waals surface area contributed by atoms with Gasteiger partial charge in [-0.3, -0.25) is 14.6 Å². The summed E-state index contributed by atoms with van der Waals surface area (Å²) >= 11 is 1.33. The van der Waals surface area contributed by atoms with Crippen molar-refractivity contribution in [1.82, 2.24) is 24.6 Å². The second-order valence-corrected chi connectivity index (χ2v) is 8.03. The van der Waals surface area contributed by atoms with E-state index in [4.69, 9.17) is 0 Å². The van der Waals surface area contributed by atoms with Crippen LogP contribution in [0.25, 0.3) is 16.2 Å². The molecule has 0 bridgehead atoms. The topological polar surface area (TPSA) is 83.9 Å². The van der Waals surface area contributed by atoms with Crippen molar-refractivity contribution in [2.75, 3.05) is 13.1 Å². The van der Waals surface area contributed by atoms with Crippen molar-refractivity contribution in [2.24, 2.45) is 5.92 Å². The molecule has 0 atom stereocenters. The zero-order valence-electron chi connectivity index (χ0n) is 15.5. The van der Waals surface area contributed by atoms with Gasteiger partial charge in [-0.15, -0.1) is 11.3 Å². The van der Waals surface area contributed by atoms with E-state index in [-0.39, 0.29) is 30.5 Å². The van der Waals surface area contributed by atoms with E-state index >= 15 is 0 Å². The van der Waals surface area contributed by atoms with E-state index in [1.165, 1.54) is 22.2 Å². The number of amides is 1. The number of nitrogens with zero attached hydrogens (tertiary/aromatic N) is 4. The molecule has 1 aliphatic rings. The van der Waals surface area contributed by atoms with Gasteiger partial charge in [-0.2, -0.15) is 18.3 Å². The third-order valence-electron chi connectivity index (χ3n) is 5.18. The lowest BCUT2D eigenvalue weighted by Gasteiger charge is -2.32. The predicted molar refractivity (Wildman–Crippen MR) is 101 cm³/mol. The van der Waals surface area contributed by atoms with Gasteiger partial charge in [0.05, 0.1) is 22.8 Å². The summed E-state index contributed by atoms with van der Waals surface area (Å²) in [4.78, 5) is 34.2. The van der Waals surface area contributed by atoms with Crippen molar-refractivity contribution in [3.05, 3.63) is 39.3 Å². The molecular weight excluding hydrogens is 407 g/mol. The number of H-pyrrole nitrogens is 1. The van der Waals surface area contributed by atoms with Crippen LogP contribution in [0.5, 0.6) is 0 Å². The molecule has 1 aliphatic heterocycles. The largest absolute Gasteiger partial charge is 0.389 e. The number of halogens is 3. The molecule has 1 amide bonds. The van der Waals surface area contributed by atoms with Crippen molar-refractivity contribution in [2.45, 2.75) is 32.4 Å². The van der Waals surface area contributed by atoms with Crippen molar-refractivity contribution >= 4 is 27.5 Å². The van der Waals surface area contributed by atoms with Crippen LogP contribution in [0, 0.1) is 12.8 Å². The van der Waals surface area contributed by atoms with Gasteiger partial charge in [0.25, 0.3) is 11.5 Å². The fourth-order valence-corrected chi connectivity index (χ4v) is 4.38. The van der Waals surface area contributed by atoms with Crippen LogP contribution in [0.3, 0.4) is 0 Å². The van der Waals surface area contributed by atoms with Gasteiger partial charge in [0.2, 0.25) is 5.95 Å². The van der Waals surface area contributed by atoms with Gasteiger partial charge in [-0.05, 0) is 37.1 Å². The summed E-state index contributed by atoms with van der Waals surface area (Å²) in [5.41, 5.74) is 0.556. The van der Waals surface area contributed by atoms with Crippen LogP contribution < -0.4 is 5.56 Å². The third-order valence-corrected chi connectivity index (χ3v) is 5.99. The molecule has 1 saturated heterocycles. The van der Waals surface area contributed by atoms with Crippen molar-refractivity contribution in [1.29, 1.82) is 0 Å². The van der Waals surface area contributed by atoms with Gasteiger partial charge in [0.1, 0.15) is 4.83 Å². The first-order valence-corrected chi connectivity index (χ1v) is 9.99. The number of alkyl halides is 3. The lowest BCUT2D eigenvalue weighted by molar-refractivity contribution is -0.147. The van der Waals surface area contributed by atoms with Gasteiger partial charge in [0, 0.05) is 19.5 Å². The Labute approximate surface area is 167 Å². The number of aromatic amines is 1. The summed E-state index contributed by atoms with van der Waals surface area (Å²) in [6, 6.07) is 1.68. The summed E-state index contributed by atoms with van der Waals surface area (Å²) in [6.07, 6.45) is -2.94. The molecule has 0 aromatic carbocycles. The molecule has 4 heterocycles. The number of rotatable bonds is 3. The standard InChI is InChI=1S/C18H18F3N5O2S/c1-10-13(16(28)25-5-2-11(3-6-25)8-18(19,20)21)9-22-26(10)17-23-14(27)12-4-7-29-15(12)24-17/h4,7,9,11H,2-3,5-6,8H2,1H3,(H,23,24,27). The van der Waals surface area contributed by atoms with Crippen LogP contribution >= 0.6 is 11.3 Å². The van der Waals surface area contributed by atoms with E-state index in [0.29, 0.717) is 34.3 Å². The molecule has 1 fully saturated rings. The van der Waals surface area contributed by atoms with Gasteiger partial charge in [-0.25, -0.2) is 9.67 Å². The molecule has 0 saturated carbocycles. The lowest BCUT2D eigenvalue weighted by atomic mass is 9.93. The molecule has 1 N–H and O–H groups in total. The van der Waals surface area contributed by atoms with Crippen LogP contribution in [0.4, 0.5) is 13.2 Å².